The molecule has 2 aromatic rings. The van der Waals surface area contributed by atoms with Crippen LogP contribution >= 0.6 is 15.9 Å². The van der Waals surface area contributed by atoms with Crippen molar-refractivity contribution in [2.45, 2.75) is 31.6 Å². The first-order valence-corrected chi connectivity index (χ1v) is 7.88. The SMILES string of the molecule is FC(F)(F)c1ccc(Br)c(CNC2Cc3ccccc3C2)c1. The lowest BCUT2D eigenvalue weighted by Crippen LogP contribution is -2.29. The molecule has 1 aliphatic carbocycles. The third kappa shape index (κ3) is 3.36. The van der Waals surface area contributed by atoms with Crippen LogP contribution in [0.1, 0.15) is 22.3 Å². The molecule has 0 amide bonds. The fourth-order valence-corrected chi connectivity index (χ4v) is 3.23. The Hall–Kier alpha value is -1.33. The second-order valence-electron chi connectivity index (χ2n) is 5.56. The molecule has 1 aliphatic rings. The average Bonchev–Trinajstić information content (AvgIpc) is 2.88. The van der Waals surface area contributed by atoms with Gasteiger partial charge in [-0.25, -0.2) is 0 Å². The maximum atomic E-state index is 12.8. The molecule has 0 radical (unpaired) electrons. The molecule has 5 heteroatoms. The molecular formula is C17H15BrF3N. The van der Waals surface area contributed by atoms with Crippen LogP contribution in [0.5, 0.6) is 0 Å². The van der Waals surface area contributed by atoms with Gasteiger partial charge in [-0.15, -0.1) is 0 Å². The van der Waals surface area contributed by atoms with E-state index in [1.807, 2.05) is 12.1 Å². The molecule has 0 heterocycles. The molecule has 0 aliphatic heterocycles. The summed E-state index contributed by atoms with van der Waals surface area (Å²) < 4.78 is 39.1. The molecule has 1 nitrogen and oxygen atoms in total. The molecular weight excluding hydrogens is 355 g/mol. The van der Waals surface area contributed by atoms with Crippen molar-refractivity contribution in [1.82, 2.24) is 5.32 Å². The number of halogens is 4. The lowest BCUT2D eigenvalue weighted by atomic mass is 10.1. The van der Waals surface area contributed by atoms with Crippen LogP contribution in [0.2, 0.25) is 0 Å². The van der Waals surface area contributed by atoms with E-state index in [1.54, 1.807) is 0 Å². The Morgan fingerprint density at radius 2 is 1.68 bits per heavy atom. The molecule has 0 bridgehead atoms. The minimum Gasteiger partial charge on any atom is -0.309 e. The van der Waals surface area contributed by atoms with E-state index in [1.165, 1.54) is 23.3 Å². The zero-order chi connectivity index (χ0) is 15.7. The highest BCUT2D eigenvalue weighted by Crippen LogP contribution is 2.32. The van der Waals surface area contributed by atoms with Crippen LogP contribution in [-0.2, 0) is 25.6 Å². The van der Waals surface area contributed by atoms with Crippen LogP contribution < -0.4 is 5.32 Å². The average molecular weight is 370 g/mol. The van der Waals surface area contributed by atoms with E-state index in [2.05, 4.69) is 33.4 Å². The van der Waals surface area contributed by atoms with Gasteiger partial charge in [-0.05, 0) is 47.7 Å². The maximum Gasteiger partial charge on any atom is 0.416 e. The van der Waals surface area contributed by atoms with Gasteiger partial charge in [-0.2, -0.15) is 13.2 Å². The Kier molecular flexibility index (Phi) is 4.28. The lowest BCUT2D eigenvalue weighted by molar-refractivity contribution is -0.137. The Morgan fingerprint density at radius 1 is 1.05 bits per heavy atom. The van der Waals surface area contributed by atoms with Crippen LogP contribution in [0.3, 0.4) is 0 Å². The fourth-order valence-electron chi connectivity index (χ4n) is 2.84. The van der Waals surface area contributed by atoms with E-state index in [-0.39, 0.29) is 6.04 Å². The van der Waals surface area contributed by atoms with Crippen molar-refractivity contribution in [1.29, 1.82) is 0 Å². The first kappa shape index (κ1) is 15.6. The van der Waals surface area contributed by atoms with E-state index in [0.29, 0.717) is 16.6 Å². The molecule has 116 valence electrons. The highest BCUT2D eigenvalue weighted by atomic mass is 79.9. The summed E-state index contributed by atoms with van der Waals surface area (Å²) in [5.41, 5.74) is 2.67. The van der Waals surface area contributed by atoms with Crippen molar-refractivity contribution in [3.8, 4) is 0 Å². The third-order valence-electron chi connectivity index (χ3n) is 4.01. The largest absolute Gasteiger partial charge is 0.416 e. The monoisotopic (exact) mass is 369 g/mol. The molecule has 0 aromatic heterocycles. The lowest BCUT2D eigenvalue weighted by Gasteiger charge is -2.15. The highest BCUT2D eigenvalue weighted by Gasteiger charge is 2.31. The number of nitrogens with one attached hydrogen (secondary N) is 1. The van der Waals surface area contributed by atoms with Gasteiger partial charge in [0.05, 0.1) is 5.56 Å². The summed E-state index contributed by atoms with van der Waals surface area (Å²) in [4.78, 5) is 0. The minimum atomic E-state index is -4.31. The van der Waals surface area contributed by atoms with E-state index in [4.69, 9.17) is 0 Å². The zero-order valence-corrected chi connectivity index (χ0v) is 13.3. The van der Waals surface area contributed by atoms with Gasteiger partial charge in [0.25, 0.3) is 0 Å². The second-order valence-corrected chi connectivity index (χ2v) is 6.41. The van der Waals surface area contributed by atoms with Gasteiger partial charge >= 0.3 is 6.18 Å². The van der Waals surface area contributed by atoms with Gasteiger partial charge in [0.1, 0.15) is 0 Å². The number of fused-ring (bicyclic) bond motifs is 1. The van der Waals surface area contributed by atoms with Crippen molar-refractivity contribution >= 4 is 15.9 Å². The molecule has 0 unspecified atom stereocenters. The van der Waals surface area contributed by atoms with Crippen molar-refractivity contribution in [3.63, 3.8) is 0 Å². The van der Waals surface area contributed by atoms with Gasteiger partial charge in [-0.1, -0.05) is 40.2 Å². The maximum absolute atomic E-state index is 12.8. The zero-order valence-electron chi connectivity index (χ0n) is 11.8. The molecule has 2 aromatic carbocycles. The van der Waals surface area contributed by atoms with Crippen molar-refractivity contribution in [3.05, 3.63) is 69.2 Å². The summed E-state index contributed by atoms with van der Waals surface area (Å²) in [5.74, 6) is 0. The molecule has 1 N–H and O–H groups in total. The molecule has 22 heavy (non-hydrogen) atoms. The van der Waals surface area contributed by atoms with E-state index >= 15 is 0 Å². The molecule has 3 rings (SSSR count). The van der Waals surface area contributed by atoms with Crippen LogP contribution in [0.4, 0.5) is 13.2 Å². The van der Waals surface area contributed by atoms with Crippen LogP contribution in [0.15, 0.2) is 46.9 Å². The van der Waals surface area contributed by atoms with Gasteiger partial charge in [0.2, 0.25) is 0 Å². The van der Waals surface area contributed by atoms with Crippen molar-refractivity contribution in [2.75, 3.05) is 0 Å². The number of alkyl halides is 3. The van der Waals surface area contributed by atoms with E-state index < -0.39 is 11.7 Å². The number of hydrogen-bond acceptors (Lipinski definition) is 1. The third-order valence-corrected chi connectivity index (χ3v) is 4.78. The predicted molar refractivity (Wildman–Crippen MR) is 83.6 cm³/mol. The Morgan fingerprint density at radius 3 is 2.27 bits per heavy atom. The van der Waals surface area contributed by atoms with Crippen molar-refractivity contribution in [2.24, 2.45) is 0 Å². The highest BCUT2D eigenvalue weighted by molar-refractivity contribution is 9.10. The number of hydrogen-bond donors (Lipinski definition) is 1. The second kappa shape index (κ2) is 6.05. The summed E-state index contributed by atoms with van der Waals surface area (Å²) in [6, 6.07) is 12.3. The predicted octanol–water partition coefficient (Wildman–Crippen LogP) is 4.72. The van der Waals surface area contributed by atoms with Crippen LogP contribution in [0.25, 0.3) is 0 Å². The Bertz CT molecular complexity index is 657. The number of rotatable bonds is 3. The Labute approximate surface area is 135 Å². The normalized spacial score (nSPS) is 15.1. The van der Waals surface area contributed by atoms with Gasteiger partial charge in [-0.3, -0.25) is 0 Å². The summed E-state index contributed by atoms with van der Waals surface area (Å²) in [6.45, 7) is 0.420. The summed E-state index contributed by atoms with van der Waals surface area (Å²) in [5, 5.41) is 3.37. The molecule has 0 saturated carbocycles. The van der Waals surface area contributed by atoms with Gasteiger partial charge < -0.3 is 5.32 Å². The van der Waals surface area contributed by atoms with E-state index in [9.17, 15) is 13.2 Å². The summed E-state index contributed by atoms with van der Waals surface area (Å²) in [7, 11) is 0. The van der Waals surface area contributed by atoms with Gasteiger partial charge in [0, 0.05) is 17.1 Å². The van der Waals surface area contributed by atoms with Crippen LogP contribution in [-0.4, -0.2) is 6.04 Å². The molecule has 0 saturated heterocycles. The molecule has 0 spiro atoms. The van der Waals surface area contributed by atoms with E-state index in [0.717, 1.165) is 18.9 Å². The van der Waals surface area contributed by atoms with Gasteiger partial charge in [0.15, 0.2) is 0 Å². The first-order chi connectivity index (χ1) is 10.4. The summed E-state index contributed by atoms with van der Waals surface area (Å²) in [6.07, 6.45) is -2.46. The quantitative estimate of drug-likeness (QED) is 0.824. The minimum absolute atomic E-state index is 0.277. The molecule has 0 fully saturated rings. The van der Waals surface area contributed by atoms with Crippen molar-refractivity contribution < 1.29 is 13.2 Å². The summed E-state index contributed by atoms with van der Waals surface area (Å²) >= 11 is 3.33. The number of benzene rings is 2. The Balaban J connectivity index is 1.68. The smallest absolute Gasteiger partial charge is 0.309 e. The topological polar surface area (TPSA) is 12.0 Å². The molecule has 0 atom stereocenters. The first-order valence-electron chi connectivity index (χ1n) is 7.09. The fraction of sp³-hybridized carbons (Fsp3) is 0.294. The van der Waals surface area contributed by atoms with Crippen LogP contribution in [0, 0.1) is 0 Å². The standard InChI is InChI=1S/C17H15BrF3N/c18-16-6-5-14(17(19,20)21)7-13(16)10-22-15-8-11-3-1-2-4-12(11)9-15/h1-7,15,22H,8-10H2.